The van der Waals surface area contributed by atoms with Crippen LogP contribution in [-0.4, -0.2) is 38.2 Å². The van der Waals surface area contributed by atoms with Crippen molar-refractivity contribution in [1.82, 2.24) is 19.2 Å². The van der Waals surface area contributed by atoms with E-state index in [-0.39, 0.29) is 11.5 Å². The minimum atomic E-state index is -0.0996. The third kappa shape index (κ3) is 3.71. The molecule has 0 aliphatic carbocycles. The van der Waals surface area contributed by atoms with Crippen molar-refractivity contribution >= 4 is 16.7 Å². The van der Waals surface area contributed by atoms with E-state index in [0.29, 0.717) is 11.8 Å². The van der Waals surface area contributed by atoms with Crippen molar-refractivity contribution in [2.45, 2.75) is 52.5 Å². The molecule has 1 amide bonds. The molecule has 0 N–H and O–H groups in total. The predicted molar refractivity (Wildman–Crippen MR) is 114 cm³/mol. The summed E-state index contributed by atoms with van der Waals surface area (Å²) in [6, 6.07) is 9.48. The number of aromatic nitrogens is 3. The van der Waals surface area contributed by atoms with Crippen LogP contribution in [0.1, 0.15) is 43.5 Å². The van der Waals surface area contributed by atoms with E-state index in [2.05, 4.69) is 9.67 Å². The van der Waals surface area contributed by atoms with Crippen LogP contribution in [0.25, 0.3) is 16.5 Å². The highest BCUT2D eigenvalue weighted by Crippen LogP contribution is 2.23. The number of hydrogen-bond donors (Lipinski definition) is 0. The minimum absolute atomic E-state index is 0.0996. The zero-order valence-corrected chi connectivity index (χ0v) is 17.2. The van der Waals surface area contributed by atoms with Crippen molar-refractivity contribution in [1.29, 1.82) is 0 Å². The zero-order chi connectivity index (χ0) is 20.4. The smallest absolute Gasteiger partial charge is 0.281 e. The first-order valence-corrected chi connectivity index (χ1v) is 10.5. The van der Waals surface area contributed by atoms with Crippen LogP contribution in [0.2, 0.25) is 0 Å². The molecule has 152 valence electrons. The molecule has 1 fully saturated rings. The zero-order valence-electron chi connectivity index (χ0n) is 17.2. The summed E-state index contributed by atoms with van der Waals surface area (Å²) in [4.78, 5) is 27.6. The molecule has 0 saturated carbocycles. The summed E-state index contributed by atoms with van der Waals surface area (Å²) >= 11 is 0. The van der Waals surface area contributed by atoms with Gasteiger partial charge in [0.05, 0.1) is 17.3 Å². The van der Waals surface area contributed by atoms with E-state index < -0.39 is 0 Å². The first kappa shape index (κ1) is 19.4. The summed E-state index contributed by atoms with van der Waals surface area (Å²) < 4.78 is 3.62. The molecule has 0 radical (unpaired) electrons. The van der Waals surface area contributed by atoms with Gasteiger partial charge in [-0.1, -0.05) is 18.2 Å². The third-order valence-electron chi connectivity index (χ3n) is 6.02. The molecule has 0 spiro atoms. The van der Waals surface area contributed by atoms with Gasteiger partial charge >= 0.3 is 0 Å². The fraction of sp³-hybridized carbons (Fsp3) is 0.435. The van der Waals surface area contributed by atoms with Crippen molar-refractivity contribution in [2.24, 2.45) is 0 Å². The fourth-order valence-corrected chi connectivity index (χ4v) is 4.39. The number of likely N-dealkylation sites (tertiary alicyclic amines) is 1. The molecule has 6 nitrogen and oxygen atoms in total. The number of benzene rings is 1. The lowest BCUT2D eigenvalue weighted by atomic mass is 10.1. The maximum Gasteiger partial charge on any atom is 0.281 e. The van der Waals surface area contributed by atoms with Gasteiger partial charge in [0.2, 0.25) is 5.91 Å². The lowest BCUT2D eigenvalue weighted by Crippen LogP contribution is -2.35. The quantitative estimate of drug-likeness (QED) is 0.667. The fourth-order valence-electron chi connectivity index (χ4n) is 4.39. The maximum atomic E-state index is 13.1. The van der Waals surface area contributed by atoms with E-state index in [9.17, 15) is 9.59 Å². The first-order chi connectivity index (χ1) is 14.1. The average molecular weight is 393 g/mol. The molecule has 1 aliphatic rings. The van der Waals surface area contributed by atoms with Gasteiger partial charge in [-0.25, -0.2) is 0 Å². The van der Waals surface area contributed by atoms with Gasteiger partial charge < -0.3 is 9.47 Å². The van der Waals surface area contributed by atoms with E-state index in [1.807, 2.05) is 49.1 Å². The van der Waals surface area contributed by atoms with Crippen molar-refractivity contribution in [3.8, 4) is 5.69 Å². The molecule has 0 atom stereocenters. The first-order valence-electron chi connectivity index (χ1n) is 10.5. The number of para-hydroxylation sites is 1. The highest BCUT2D eigenvalue weighted by molar-refractivity contribution is 5.87. The van der Waals surface area contributed by atoms with Crippen LogP contribution >= 0.6 is 0 Å². The van der Waals surface area contributed by atoms with Gasteiger partial charge in [-0.15, -0.1) is 0 Å². The lowest BCUT2D eigenvalue weighted by Gasteiger charge is -2.26. The Bertz CT molecular complexity index is 1080. The van der Waals surface area contributed by atoms with Gasteiger partial charge in [-0.05, 0) is 51.7 Å². The van der Waals surface area contributed by atoms with Crippen molar-refractivity contribution in [3.05, 3.63) is 58.3 Å². The number of amides is 1. The van der Waals surface area contributed by atoms with Crippen molar-refractivity contribution in [3.63, 3.8) is 0 Å². The molecule has 0 unspecified atom stereocenters. The lowest BCUT2D eigenvalue weighted by molar-refractivity contribution is -0.132. The Balaban J connectivity index is 1.56. The predicted octanol–water partition coefficient (Wildman–Crippen LogP) is 3.60. The van der Waals surface area contributed by atoms with Gasteiger partial charge in [0.25, 0.3) is 5.56 Å². The summed E-state index contributed by atoms with van der Waals surface area (Å²) in [5, 5.41) is 5.99. The Hall–Kier alpha value is -2.89. The number of piperidine rings is 1. The molecular formula is C23H28N4O2. The number of fused-ring (bicyclic) bond motifs is 1. The summed E-state index contributed by atoms with van der Waals surface area (Å²) in [5.41, 5.74) is 2.64. The Morgan fingerprint density at radius 3 is 2.48 bits per heavy atom. The molecule has 6 heteroatoms. The van der Waals surface area contributed by atoms with Gasteiger partial charge in [-0.2, -0.15) is 9.78 Å². The molecule has 3 aromatic rings. The summed E-state index contributed by atoms with van der Waals surface area (Å²) in [6.45, 7) is 6.54. The molecule has 4 rings (SSSR count). The largest absolute Gasteiger partial charge is 0.348 e. The highest BCUT2D eigenvalue weighted by atomic mass is 16.2. The molecule has 0 bridgehead atoms. The van der Waals surface area contributed by atoms with E-state index in [1.165, 1.54) is 11.1 Å². The van der Waals surface area contributed by atoms with E-state index in [4.69, 9.17) is 0 Å². The third-order valence-corrected chi connectivity index (χ3v) is 6.02. The number of carbonyl (C=O) groups excluding carboxylic acids is 1. The Morgan fingerprint density at radius 1 is 1.03 bits per heavy atom. The SMILES string of the molecule is Cc1c2cnn(-c3ccccc3)c(=O)c2c(C)n1CCCC(=O)N1CCCCC1. The van der Waals surface area contributed by atoms with Gasteiger partial charge in [0, 0.05) is 42.8 Å². The standard InChI is InChI=1S/C23H28N4O2/c1-17-20-16-24-27(19-10-5-3-6-11-19)23(29)22(20)18(2)26(17)15-9-12-21(28)25-13-7-4-8-14-25/h3,5-6,10-11,16H,4,7-9,12-15H2,1-2H3. The van der Waals surface area contributed by atoms with Crippen molar-refractivity contribution < 1.29 is 4.79 Å². The van der Waals surface area contributed by atoms with Crippen LogP contribution in [0, 0.1) is 13.8 Å². The summed E-state index contributed by atoms with van der Waals surface area (Å²) in [5.74, 6) is 0.254. The number of aryl methyl sites for hydroxylation is 2. The van der Waals surface area contributed by atoms with Crippen LogP contribution in [0.4, 0.5) is 0 Å². The summed E-state index contributed by atoms with van der Waals surface area (Å²) in [6.07, 6.45) is 6.58. The van der Waals surface area contributed by atoms with Crippen molar-refractivity contribution in [2.75, 3.05) is 13.1 Å². The normalized spacial score (nSPS) is 14.5. The van der Waals surface area contributed by atoms with Crippen LogP contribution in [0.3, 0.4) is 0 Å². The van der Waals surface area contributed by atoms with Gasteiger partial charge in [-0.3, -0.25) is 9.59 Å². The highest BCUT2D eigenvalue weighted by Gasteiger charge is 2.18. The van der Waals surface area contributed by atoms with E-state index in [1.54, 1.807) is 6.20 Å². The molecule has 2 aromatic heterocycles. The molecule has 1 aromatic carbocycles. The topological polar surface area (TPSA) is 60.1 Å². The molecule has 3 heterocycles. The molecular weight excluding hydrogens is 364 g/mol. The number of carbonyl (C=O) groups is 1. The van der Waals surface area contributed by atoms with Crippen LogP contribution in [-0.2, 0) is 11.3 Å². The Labute approximate surface area is 170 Å². The second-order valence-electron chi connectivity index (χ2n) is 7.85. The number of hydrogen-bond acceptors (Lipinski definition) is 3. The van der Waals surface area contributed by atoms with E-state index >= 15 is 0 Å². The average Bonchev–Trinajstić information content (AvgIpc) is 3.00. The molecule has 29 heavy (non-hydrogen) atoms. The van der Waals surface area contributed by atoms with Crippen LogP contribution in [0.15, 0.2) is 41.3 Å². The summed E-state index contributed by atoms with van der Waals surface area (Å²) in [7, 11) is 0. The molecule has 1 aliphatic heterocycles. The maximum absolute atomic E-state index is 13.1. The second kappa shape index (κ2) is 8.23. The number of rotatable bonds is 5. The van der Waals surface area contributed by atoms with Gasteiger partial charge in [0.15, 0.2) is 0 Å². The second-order valence-corrected chi connectivity index (χ2v) is 7.85. The number of nitrogens with zero attached hydrogens (tertiary/aromatic N) is 4. The van der Waals surface area contributed by atoms with Crippen LogP contribution in [0.5, 0.6) is 0 Å². The van der Waals surface area contributed by atoms with E-state index in [0.717, 1.165) is 61.4 Å². The Kier molecular flexibility index (Phi) is 5.51. The van der Waals surface area contributed by atoms with Crippen LogP contribution < -0.4 is 5.56 Å². The Morgan fingerprint density at radius 2 is 1.76 bits per heavy atom. The minimum Gasteiger partial charge on any atom is -0.348 e. The monoisotopic (exact) mass is 392 g/mol. The molecule has 1 saturated heterocycles. The van der Waals surface area contributed by atoms with Gasteiger partial charge in [0.1, 0.15) is 0 Å².